The molecule has 30 heavy (non-hydrogen) atoms. The normalized spacial score (nSPS) is 14.3. The quantitative estimate of drug-likeness (QED) is 0.494. The summed E-state index contributed by atoms with van der Waals surface area (Å²) < 4.78 is 8.02. The van der Waals surface area contributed by atoms with Crippen LogP contribution in [0.2, 0.25) is 0 Å². The second-order valence-corrected chi connectivity index (χ2v) is 8.71. The SMILES string of the molecule is CC(C)COc1ccc(Cn2nc(Cc3ccccc3)cc2N2CCCCC2)cc1. The van der Waals surface area contributed by atoms with E-state index in [9.17, 15) is 0 Å². The van der Waals surface area contributed by atoms with Gasteiger partial charge < -0.3 is 9.64 Å². The van der Waals surface area contributed by atoms with Crippen molar-refractivity contribution in [1.29, 1.82) is 0 Å². The average Bonchev–Trinajstić information content (AvgIpc) is 3.16. The molecule has 0 bridgehead atoms. The van der Waals surface area contributed by atoms with Gasteiger partial charge in [-0.3, -0.25) is 0 Å². The Morgan fingerprint density at radius 2 is 1.63 bits per heavy atom. The maximum absolute atomic E-state index is 5.83. The first-order chi connectivity index (χ1) is 14.7. The van der Waals surface area contributed by atoms with Crippen molar-refractivity contribution in [2.75, 3.05) is 24.6 Å². The Labute approximate surface area is 180 Å². The summed E-state index contributed by atoms with van der Waals surface area (Å²) in [6.07, 6.45) is 4.73. The molecule has 0 saturated carbocycles. The molecule has 2 aromatic carbocycles. The molecule has 0 radical (unpaired) electrons. The third-order valence-electron chi connectivity index (χ3n) is 5.56. The zero-order chi connectivity index (χ0) is 20.8. The number of hydrogen-bond acceptors (Lipinski definition) is 3. The van der Waals surface area contributed by atoms with Crippen LogP contribution in [0.1, 0.15) is 49.9 Å². The van der Waals surface area contributed by atoms with Crippen molar-refractivity contribution >= 4 is 5.82 Å². The molecule has 1 aromatic heterocycles. The van der Waals surface area contributed by atoms with Gasteiger partial charge in [0.05, 0.1) is 18.8 Å². The standard InChI is InChI=1S/C26H33N3O/c1-21(2)20-30-25-13-11-23(12-14-25)19-29-26(28-15-7-4-8-16-28)18-24(27-29)17-22-9-5-3-6-10-22/h3,5-6,9-14,18,21H,4,7-8,15-17,19-20H2,1-2H3. The van der Waals surface area contributed by atoms with Gasteiger partial charge in [0.2, 0.25) is 0 Å². The summed E-state index contributed by atoms with van der Waals surface area (Å²) >= 11 is 0. The van der Waals surface area contributed by atoms with E-state index in [0.29, 0.717) is 5.92 Å². The maximum atomic E-state index is 5.83. The maximum Gasteiger partial charge on any atom is 0.127 e. The minimum atomic E-state index is 0.531. The first kappa shape index (κ1) is 20.5. The third kappa shape index (κ3) is 5.44. The summed E-state index contributed by atoms with van der Waals surface area (Å²) in [6.45, 7) is 8.12. The Kier molecular flexibility index (Phi) is 6.73. The van der Waals surface area contributed by atoms with Crippen molar-refractivity contribution in [3.63, 3.8) is 0 Å². The van der Waals surface area contributed by atoms with E-state index in [0.717, 1.165) is 44.1 Å². The molecule has 4 heteroatoms. The number of benzene rings is 2. The van der Waals surface area contributed by atoms with Crippen LogP contribution in [0.5, 0.6) is 5.75 Å². The number of ether oxygens (including phenoxy) is 1. The second-order valence-electron chi connectivity index (χ2n) is 8.71. The van der Waals surface area contributed by atoms with Gasteiger partial charge in [0.1, 0.15) is 11.6 Å². The van der Waals surface area contributed by atoms with E-state index in [1.54, 1.807) is 0 Å². The Morgan fingerprint density at radius 1 is 0.900 bits per heavy atom. The van der Waals surface area contributed by atoms with Gasteiger partial charge in [-0.25, -0.2) is 4.68 Å². The van der Waals surface area contributed by atoms with Crippen LogP contribution in [-0.4, -0.2) is 29.5 Å². The lowest BCUT2D eigenvalue weighted by Crippen LogP contribution is -2.31. The van der Waals surface area contributed by atoms with Crippen molar-refractivity contribution < 1.29 is 4.74 Å². The number of rotatable bonds is 8. The minimum absolute atomic E-state index is 0.531. The number of piperidine rings is 1. The van der Waals surface area contributed by atoms with Gasteiger partial charge in [-0.05, 0) is 48.4 Å². The Bertz CT molecular complexity index is 909. The summed E-state index contributed by atoms with van der Waals surface area (Å²) in [5.41, 5.74) is 3.69. The molecular weight excluding hydrogens is 370 g/mol. The van der Waals surface area contributed by atoms with Gasteiger partial charge in [-0.2, -0.15) is 5.10 Å². The minimum Gasteiger partial charge on any atom is -0.493 e. The van der Waals surface area contributed by atoms with Crippen LogP contribution in [0.4, 0.5) is 5.82 Å². The molecule has 0 unspecified atom stereocenters. The van der Waals surface area contributed by atoms with E-state index < -0.39 is 0 Å². The van der Waals surface area contributed by atoms with Crippen molar-refractivity contribution in [2.24, 2.45) is 5.92 Å². The highest BCUT2D eigenvalue weighted by molar-refractivity contribution is 5.43. The topological polar surface area (TPSA) is 30.3 Å². The molecule has 1 fully saturated rings. The highest BCUT2D eigenvalue weighted by Crippen LogP contribution is 2.24. The van der Waals surface area contributed by atoms with Gasteiger partial charge in [-0.1, -0.05) is 56.3 Å². The first-order valence-electron chi connectivity index (χ1n) is 11.2. The molecular formula is C26H33N3O. The molecule has 0 N–H and O–H groups in total. The number of aromatic nitrogens is 2. The van der Waals surface area contributed by atoms with Crippen LogP contribution in [0, 0.1) is 5.92 Å². The molecule has 3 aromatic rings. The molecule has 2 heterocycles. The molecule has 4 nitrogen and oxygen atoms in total. The molecule has 0 spiro atoms. The van der Waals surface area contributed by atoms with E-state index in [2.05, 4.69) is 84.1 Å². The van der Waals surface area contributed by atoms with Crippen LogP contribution in [-0.2, 0) is 13.0 Å². The molecule has 1 saturated heterocycles. The molecule has 4 rings (SSSR count). The Balaban J connectivity index is 1.52. The molecule has 1 aliphatic heterocycles. The Hall–Kier alpha value is -2.75. The molecule has 158 valence electrons. The van der Waals surface area contributed by atoms with Crippen molar-refractivity contribution in [2.45, 2.75) is 46.1 Å². The fourth-order valence-electron chi connectivity index (χ4n) is 3.97. The van der Waals surface area contributed by atoms with Gasteiger partial charge in [-0.15, -0.1) is 0 Å². The number of hydrogen-bond donors (Lipinski definition) is 0. The monoisotopic (exact) mass is 403 g/mol. The summed E-state index contributed by atoms with van der Waals surface area (Å²) in [6, 6.07) is 21.4. The lowest BCUT2D eigenvalue weighted by molar-refractivity contribution is 0.271. The largest absolute Gasteiger partial charge is 0.493 e. The molecule has 0 amide bonds. The van der Waals surface area contributed by atoms with Crippen LogP contribution >= 0.6 is 0 Å². The first-order valence-corrected chi connectivity index (χ1v) is 11.2. The second kappa shape index (κ2) is 9.84. The third-order valence-corrected chi connectivity index (χ3v) is 5.56. The predicted octanol–water partition coefficient (Wildman–Crippen LogP) is 5.55. The van der Waals surface area contributed by atoms with Crippen LogP contribution in [0.25, 0.3) is 0 Å². The van der Waals surface area contributed by atoms with E-state index in [4.69, 9.17) is 9.84 Å². The van der Waals surface area contributed by atoms with Crippen molar-refractivity contribution in [1.82, 2.24) is 9.78 Å². The highest BCUT2D eigenvalue weighted by atomic mass is 16.5. The van der Waals surface area contributed by atoms with Crippen LogP contribution in [0.15, 0.2) is 60.7 Å². The van der Waals surface area contributed by atoms with E-state index in [1.165, 1.54) is 36.2 Å². The van der Waals surface area contributed by atoms with E-state index in [-0.39, 0.29) is 0 Å². The van der Waals surface area contributed by atoms with Crippen LogP contribution in [0.3, 0.4) is 0 Å². The summed E-state index contributed by atoms with van der Waals surface area (Å²) in [5, 5.41) is 5.00. The lowest BCUT2D eigenvalue weighted by Gasteiger charge is -2.28. The van der Waals surface area contributed by atoms with Crippen LogP contribution < -0.4 is 9.64 Å². The lowest BCUT2D eigenvalue weighted by atomic mass is 10.1. The number of nitrogens with zero attached hydrogens (tertiary/aromatic N) is 3. The fourth-order valence-corrected chi connectivity index (χ4v) is 3.97. The van der Waals surface area contributed by atoms with Crippen molar-refractivity contribution in [3.8, 4) is 5.75 Å². The fraction of sp³-hybridized carbons (Fsp3) is 0.423. The van der Waals surface area contributed by atoms with Gasteiger partial charge in [0, 0.05) is 25.6 Å². The van der Waals surface area contributed by atoms with Gasteiger partial charge in [0.15, 0.2) is 0 Å². The summed E-state index contributed by atoms with van der Waals surface area (Å²) in [4.78, 5) is 2.51. The zero-order valence-electron chi connectivity index (χ0n) is 18.3. The van der Waals surface area contributed by atoms with E-state index >= 15 is 0 Å². The molecule has 1 aliphatic rings. The highest BCUT2D eigenvalue weighted by Gasteiger charge is 2.18. The van der Waals surface area contributed by atoms with E-state index in [1.807, 2.05) is 0 Å². The summed E-state index contributed by atoms with van der Waals surface area (Å²) in [7, 11) is 0. The Morgan fingerprint density at radius 3 is 2.33 bits per heavy atom. The average molecular weight is 404 g/mol. The van der Waals surface area contributed by atoms with Gasteiger partial charge >= 0.3 is 0 Å². The smallest absolute Gasteiger partial charge is 0.127 e. The predicted molar refractivity (Wildman–Crippen MR) is 123 cm³/mol. The molecule has 0 aliphatic carbocycles. The molecule has 0 atom stereocenters. The van der Waals surface area contributed by atoms with Crippen molar-refractivity contribution in [3.05, 3.63) is 77.5 Å². The summed E-state index contributed by atoms with van der Waals surface area (Å²) in [5.74, 6) is 2.72. The number of anilines is 1. The van der Waals surface area contributed by atoms with Gasteiger partial charge in [0.25, 0.3) is 0 Å². The zero-order valence-corrected chi connectivity index (χ0v) is 18.3.